The van der Waals surface area contributed by atoms with Crippen molar-refractivity contribution in [1.29, 1.82) is 5.26 Å². The van der Waals surface area contributed by atoms with Crippen LogP contribution in [0.4, 0.5) is 8.78 Å². The summed E-state index contributed by atoms with van der Waals surface area (Å²) in [5, 5.41) is 17.4. The van der Waals surface area contributed by atoms with E-state index in [1.807, 2.05) is 0 Å². The second-order valence-electron chi connectivity index (χ2n) is 3.37. The van der Waals surface area contributed by atoms with Crippen molar-refractivity contribution >= 4 is 5.97 Å². The SMILES string of the molecule is Cc1cc(CC(=O)O)c(C#N)c(C(F)F)c1. The molecule has 0 aromatic heterocycles. The zero-order valence-corrected chi connectivity index (χ0v) is 8.50. The Hall–Kier alpha value is -1.96. The number of hydrogen-bond donors (Lipinski definition) is 1. The fraction of sp³-hybridized carbons (Fsp3) is 0.273. The highest BCUT2D eigenvalue weighted by atomic mass is 19.3. The predicted molar refractivity (Wildman–Crippen MR) is 52.2 cm³/mol. The number of nitrogens with zero attached hydrogens (tertiary/aromatic N) is 1. The van der Waals surface area contributed by atoms with Gasteiger partial charge in [-0.2, -0.15) is 5.26 Å². The van der Waals surface area contributed by atoms with E-state index >= 15 is 0 Å². The summed E-state index contributed by atoms with van der Waals surface area (Å²) >= 11 is 0. The van der Waals surface area contributed by atoms with Crippen molar-refractivity contribution < 1.29 is 18.7 Å². The van der Waals surface area contributed by atoms with Gasteiger partial charge in [0.05, 0.1) is 18.1 Å². The van der Waals surface area contributed by atoms with E-state index in [-0.39, 0.29) is 11.1 Å². The van der Waals surface area contributed by atoms with Gasteiger partial charge in [0, 0.05) is 5.56 Å². The number of carboxylic acids is 1. The summed E-state index contributed by atoms with van der Waals surface area (Å²) in [5.41, 5.74) is 0.0117. The van der Waals surface area contributed by atoms with Gasteiger partial charge in [-0.1, -0.05) is 11.6 Å². The smallest absolute Gasteiger partial charge is 0.307 e. The van der Waals surface area contributed by atoms with Crippen LogP contribution in [0.1, 0.15) is 28.7 Å². The second kappa shape index (κ2) is 4.71. The molecule has 0 fully saturated rings. The average molecular weight is 225 g/mol. The van der Waals surface area contributed by atoms with Crippen LogP contribution < -0.4 is 0 Å². The Labute approximate surface area is 90.9 Å². The molecule has 0 radical (unpaired) electrons. The molecule has 0 heterocycles. The number of aliphatic carboxylic acids is 1. The first-order chi connectivity index (χ1) is 7.45. The monoisotopic (exact) mass is 225 g/mol. The summed E-state index contributed by atoms with van der Waals surface area (Å²) in [5.74, 6) is -1.15. The van der Waals surface area contributed by atoms with E-state index in [0.717, 1.165) is 0 Å². The largest absolute Gasteiger partial charge is 0.481 e. The molecule has 1 rings (SSSR count). The number of hydrogen-bond acceptors (Lipinski definition) is 2. The van der Waals surface area contributed by atoms with E-state index in [1.54, 1.807) is 13.0 Å². The maximum Gasteiger partial charge on any atom is 0.307 e. The van der Waals surface area contributed by atoms with Gasteiger partial charge in [0.15, 0.2) is 0 Å². The molecule has 1 aromatic rings. The van der Waals surface area contributed by atoms with E-state index in [9.17, 15) is 13.6 Å². The lowest BCUT2D eigenvalue weighted by Gasteiger charge is -2.09. The Kier molecular flexibility index (Phi) is 3.56. The third kappa shape index (κ3) is 2.54. The van der Waals surface area contributed by atoms with Gasteiger partial charge in [0.2, 0.25) is 0 Å². The van der Waals surface area contributed by atoms with Crippen LogP contribution in [0.3, 0.4) is 0 Å². The summed E-state index contributed by atoms with van der Waals surface area (Å²) in [7, 11) is 0. The molecular formula is C11H9F2NO2. The second-order valence-corrected chi connectivity index (χ2v) is 3.37. The lowest BCUT2D eigenvalue weighted by Crippen LogP contribution is -2.05. The fourth-order valence-corrected chi connectivity index (χ4v) is 1.50. The van der Waals surface area contributed by atoms with Crippen LogP contribution in [0.2, 0.25) is 0 Å². The molecule has 0 aliphatic heterocycles. The molecule has 0 atom stereocenters. The van der Waals surface area contributed by atoms with E-state index in [2.05, 4.69) is 0 Å². The molecule has 1 aromatic carbocycles. The quantitative estimate of drug-likeness (QED) is 0.859. The number of carbonyl (C=O) groups is 1. The topological polar surface area (TPSA) is 61.1 Å². The normalized spacial score (nSPS) is 10.2. The number of nitriles is 1. The molecule has 1 N–H and O–H groups in total. The lowest BCUT2D eigenvalue weighted by atomic mass is 9.97. The molecule has 0 spiro atoms. The molecule has 16 heavy (non-hydrogen) atoms. The molecule has 3 nitrogen and oxygen atoms in total. The summed E-state index contributed by atoms with van der Waals surface area (Å²) in [6.07, 6.45) is -3.20. The average Bonchev–Trinajstić information content (AvgIpc) is 2.15. The maximum absolute atomic E-state index is 12.6. The zero-order chi connectivity index (χ0) is 12.3. The lowest BCUT2D eigenvalue weighted by molar-refractivity contribution is -0.136. The van der Waals surface area contributed by atoms with Gasteiger partial charge in [-0.3, -0.25) is 4.79 Å². The first-order valence-corrected chi connectivity index (χ1v) is 4.49. The predicted octanol–water partition coefficient (Wildman–Crippen LogP) is 2.43. The first kappa shape index (κ1) is 12.1. The third-order valence-electron chi connectivity index (χ3n) is 2.08. The Morgan fingerprint density at radius 1 is 1.56 bits per heavy atom. The number of aryl methyl sites for hydroxylation is 1. The maximum atomic E-state index is 12.6. The van der Waals surface area contributed by atoms with Crippen LogP contribution in [0.15, 0.2) is 12.1 Å². The molecule has 84 valence electrons. The number of carboxylic acid groups (broad SMARTS) is 1. The number of benzene rings is 1. The van der Waals surface area contributed by atoms with E-state index in [0.29, 0.717) is 5.56 Å². The minimum absolute atomic E-state index is 0.130. The van der Waals surface area contributed by atoms with Gasteiger partial charge in [0.25, 0.3) is 6.43 Å². The molecule has 5 heteroatoms. The Morgan fingerprint density at radius 3 is 2.62 bits per heavy atom. The van der Waals surface area contributed by atoms with Crippen molar-refractivity contribution in [3.05, 3.63) is 34.4 Å². The molecule has 0 aliphatic rings. The van der Waals surface area contributed by atoms with Gasteiger partial charge in [0.1, 0.15) is 0 Å². The van der Waals surface area contributed by atoms with Crippen LogP contribution in [-0.2, 0) is 11.2 Å². The minimum Gasteiger partial charge on any atom is -0.481 e. The first-order valence-electron chi connectivity index (χ1n) is 4.49. The molecule has 0 bridgehead atoms. The van der Waals surface area contributed by atoms with Crippen LogP contribution in [0, 0.1) is 18.3 Å². The minimum atomic E-state index is -2.78. The van der Waals surface area contributed by atoms with E-state index < -0.39 is 24.4 Å². The fourth-order valence-electron chi connectivity index (χ4n) is 1.50. The van der Waals surface area contributed by atoms with E-state index in [4.69, 9.17) is 10.4 Å². The van der Waals surface area contributed by atoms with Crippen molar-refractivity contribution in [3.8, 4) is 6.07 Å². The van der Waals surface area contributed by atoms with Crippen molar-refractivity contribution in [3.63, 3.8) is 0 Å². The Morgan fingerprint density at radius 2 is 2.19 bits per heavy atom. The van der Waals surface area contributed by atoms with Crippen LogP contribution >= 0.6 is 0 Å². The summed E-state index contributed by atoms with van der Waals surface area (Å²) in [6, 6.07) is 4.28. The molecular weight excluding hydrogens is 216 g/mol. The van der Waals surface area contributed by atoms with Crippen LogP contribution in [0.25, 0.3) is 0 Å². The summed E-state index contributed by atoms with van der Waals surface area (Å²) < 4.78 is 25.2. The molecule has 0 saturated heterocycles. The van der Waals surface area contributed by atoms with Gasteiger partial charge in [-0.25, -0.2) is 8.78 Å². The van der Waals surface area contributed by atoms with Gasteiger partial charge >= 0.3 is 5.97 Å². The van der Waals surface area contributed by atoms with Crippen LogP contribution in [0.5, 0.6) is 0 Å². The zero-order valence-electron chi connectivity index (χ0n) is 8.50. The van der Waals surface area contributed by atoms with Gasteiger partial charge in [-0.05, 0) is 18.6 Å². The summed E-state index contributed by atoms with van der Waals surface area (Å²) in [4.78, 5) is 10.5. The third-order valence-corrected chi connectivity index (χ3v) is 2.08. The van der Waals surface area contributed by atoms with Crippen molar-refractivity contribution in [2.45, 2.75) is 19.8 Å². The van der Waals surface area contributed by atoms with Crippen molar-refractivity contribution in [2.75, 3.05) is 0 Å². The number of alkyl halides is 2. The molecule has 0 saturated carbocycles. The van der Waals surface area contributed by atoms with E-state index in [1.165, 1.54) is 12.1 Å². The molecule has 0 aliphatic carbocycles. The van der Waals surface area contributed by atoms with Gasteiger partial charge < -0.3 is 5.11 Å². The van der Waals surface area contributed by atoms with Crippen LogP contribution in [-0.4, -0.2) is 11.1 Å². The van der Waals surface area contributed by atoms with Crippen molar-refractivity contribution in [2.24, 2.45) is 0 Å². The standard InChI is InChI=1S/C11H9F2NO2/c1-6-2-7(4-10(15)16)9(5-14)8(3-6)11(12)13/h2-3,11H,4H2,1H3,(H,15,16). The highest BCUT2D eigenvalue weighted by Crippen LogP contribution is 2.26. The molecule has 0 unspecified atom stereocenters. The number of halogens is 2. The molecule has 0 amide bonds. The highest BCUT2D eigenvalue weighted by molar-refractivity contribution is 5.72. The summed E-state index contributed by atoms with van der Waals surface area (Å²) in [6.45, 7) is 1.58. The van der Waals surface area contributed by atoms with Gasteiger partial charge in [-0.15, -0.1) is 0 Å². The number of rotatable bonds is 3. The highest BCUT2D eigenvalue weighted by Gasteiger charge is 2.18. The van der Waals surface area contributed by atoms with Crippen molar-refractivity contribution in [1.82, 2.24) is 0 Å². The Bertz CT molecular complexity index is 464. The Balaban J connectivity index is 3.37.